The topological polar surface area (TPSA) is 3.24 Å². The van der Waals surface area contributed by atoms with Crippen LogP contribution in [0.25, 0.3) is 5.70 Å². The number of nitrogens with zero attached hydrogens (tertiary/aromatic N) is 1. The molecule has 1 heterocycles. The molecule has 0 saturated carbocycles. The van der Waals surface area contributed by atoms with Crippen molar-refractivity contribution in [2.75, 3.05) is 7.05 Å². The lowest BCUT2D eigenvalue weighted by atomic mass is 10.2. The fourth-order valence-corrected chi connectivity index (χ4v) is 4.51. The molecule has 1 nitrogen and oxygen atoms in total. The molecule has 1 aromatic carbocycles. The predicted molar refractivity (Wildman–Crippen MR) is 60.4 cm³/mol. The molecule has 0 aromatic heterocycles. The van der Waals surface area contributed by atoms with Crippen molar-refractivity contribution in [3.05, 3.63) is 36.4 Å². The van der Waals surface area contributed by atoms with Gasteiger partial charge in [0.05, 0.1) is 0 Å². The molecule has 0 amide bonds. The van der Waals surface area contributed by atoms with Gasteiger partial charge in [-0.05, 0) is 30.9 Å². The summed E-state index contributed by atoms with van der Waals surface area (Å²) in [7, 11) is 0.768. The molecule has 0 saturated heterocycles. The van der Waals surface area contributed by atoms with Crippen LogP contribution >= 0.6 is 0 Å². The van der Waals surface area contributed by atoms with Crippen LogP contribution in [-0.4, -0.2) is 19.8 Å². The Morgan fingerprint density at radius 2 is 1.85 bits per heavy atom. The summed E-state index contributed by atoms with van der Waals surface area (Å²) >= 11 is 0. The van der Waals surface area contributed by atoms with Crippen molar-refractivity contribution in [3.8, 4) is 0 Å². The number of rotatable bonds is 0. The van der Waals surface area contributed by atoms with Gasteiger partial charge in [-0.15, -0.1) is 0 Å². The summed E-state index contributed by atoms with van der Waals surface area (Å²) in [5.41, 5.74) is 2.54. The van der Waals surface area contributed by atoms with Gasteiger partial charge in [-0.1, -0.05) is 30.8 Å². The van der Waals surface area contributed by atoms with E-state index in [4.69, 9.17) is 0 Å². The number of hydrogen-bond donors (Lipinski definition) is 0. The Bertz CT molecular complexity index is 368. The first-order valence-electron chi connectivity index (χ1n) is 4.58. The first-order valence-corrected chi connectivity index (χ1v) is 7.52. The summed E-state index contributed by atoms with van der Waals surface area (Å²) < 4.78 is 2.37. The number of fused-ring (bicyclic) bond motifs is 1. The average molecular weight is 189 g/mol. The summed E-state index contributed by atoms with van der Waals surface area (Å²) in [6, 6.07) is 8.64. The maximum Gasteiger partial charge on any atom is 0.182 e. The first kappa shape index (κ1) is 8.57. The summed E-state index contributed by atoms with van der Waals surface area (Å²) in [5, 5.41) is 1.52. The third-order valence-corrected chi connectivity index (χ3v) is 6.84. The van der Waals surface area contributed by atoms with Crippen molar-refractivity contribution in [3.63, 3.8) is 0 Å². The fourth-order valence-electron chi connectivity index (χ4n) is 1.97. The molecule has 0 unspecified atom stereocenters. The second-order valence-electron chi connectivity index (χ2n) is 4.11. The molecule has 1 aromatic rings. The van der Waals surface area contributed by atoms with Gasteiger partial charge in [0.15, 0.2) is 8.24 Å². The monoisotopic (exact) mass is 189 g/mol. The van der Waals surface area contributed by atoms with Crippen LogP contribution in [0.2, 0.25) is 13.1 Å². The molecule has 1 aliphatic rings. The van der Waals surface area contributed by atoms with Crippen LogP contribution in [-0.2, 0) is 0 Å². The van der Waals surface area contributed by atoms with E-state index in [9.17, 15) is 0 Å². The largest absolute Gasteiger partial charge is 0.396 e. The van der Waals surface area contributed by atoms with E-state index < -0.39 is 8.24 Å². The number of hydrogen-bond acceptors (Lipinski definition) is 1. The fraction of sp³-hybridized carbons (Fsp3) is 0.273. The molecule has 0 radical (unpaired) electrons. The quantitative estimate of drug-likeness (QED) is 0.564. The zero-order chi connectivity index (χ0) is 9.64. The molecule has 0 aliphatic carbocycles. The lowest BCUT2D eigenvalue weighted by molar-refractivity contribution is 0.746. The normalized spacial score (nSPS) is 19.0. The lowest BCUT2D eigenvalue weighted by Gasteiger charge is -2.28. The molecule has 0 bridgehead atoms. The molecule has 2 rings (SSSR count). The number of benzene rings is 1. The molecule has 2 heteroatoms. The first-order chi connectivity index (χ1) is 6.05. The van der Waals surface area contributed by atoms with Gasteiger partial charge in [0.1, 0.15) is 0 Å². The molecule has 0 atom stereocenters. The van der Waals surface area contributed by atoms with Crippen molar-refractivity contribution in [2.45, 2.75) is 13.1 Å². The second-order valence-corrected chi connectivity index (χ2v) is 8.44. The predicted octanol–water partition coefficient (Wildman–Crippen LogP) is 2.01. The van der Waals surface area contributed by atoms with Crippen LogP contribution < -0.4 is 5.19 Å². The second kappa shape index (κ2) is 2.48. The van der Waals surface area contributed by atoms with E-state index in [2.05, 4.69) is 55.6 Å². The van der Waals surface area contributed by atoms with Crippen molar-refractivity contribution in [1.29, 1.82) is 0 Å². The Labute approximate surface area is 80.8 Å². The average Bonchev–Trinajstić information content (AvgIpc) is 2.30. The molecule has 0 N–H and O–H groups in total. The highest BCUT2D eigenvalue weighted by Gasteiger charge is 2.38. The van der Waals surface area contributed by atoms with E-state index >= 15 is 0 Å². The Balaban J connectivity index is 2.68. The van der Waals surface area contributed by atoms with Gasteiger partial charge in [0.2, 0.25) is 0 Å². The standard InChI is InChI=1S/C11H15NSi/c1-9-10-7-5-6-8-11(10)13(3,4)12(9)2/h5-8H,1H2,2-4H3. The van der Waals surface area contributed by atoms with E-state index in [1.807, 2.05) is 0 Å². The molecule has 68 valence electrons. The highest BCUT2D eigenvalue weighted by atomic mass is 28.3. The molecule has 13 heavy (non-hydrogen) atoms. The Hall–Kier alpha value is -1.02. The maximum absolute atomic E-state index is 4.13. The minimum absolute atomic E-state index is 1.19. The van der Waals surface area contributed by atoms with Crippen molar-refractivity contribution in [2.24, 2.45) is 0 Å². The van der Waals surface area contributed by atoms with E-state index in [0.29, 0.717) is 0 Å². The Kier molecular flexibility index (Phi) is 1.64. The Morgan fingerprint density at radius 1 is 1.23 bits per heavy atom. The molecule has 0 spiro atoms. The maximum atomic E-state index is 4.13. The van der Waals surface area contributed by atoms with Gasteiger partial charge in [-0.2, -0.15) is 0 Å². The minimum atomic E-state index is -1.39. The van der Waals surface area contributed by atoms with E-state index in [1.165, 1.54) is 16.4 Å². The van der Waals surface area contributed by atoms with Crippen LogP contribution in [0.4, 0.5) is 0 Å². The minimum Gasteiger partial charge on any atom is -0.396 e. The highest BCUT2D eigenvalue weighted by Crippen LogP contribution is 2.29. The van der Waals surface area contributed by atoms with Gasteiger partial charge in [-0.3, -0.25) is 0 Å². The third-order valence-electron chi connectivity index (χ3n) is 3.14. The smallest absolute Gasteiger partial charge is 0.182 e. The SMILES string of the molecule is C=C1c2ccccc2[Si](C)(C)N1C. The molecular formula is C11H15NSi. The van der Waals surface area contributed by atoms with Crippen LogP contribution in [0.3, 0.4) is 0 Å². The van der Waals surface area contributed by atoms with Gasteiger partial charge >= 0.3 is 0 Å². The Morgan fingerprint density at radius 3 is 2.46 bits per heavy atom. The molecular weight excluding hydrogens is 174 g/mol. The zero-order valence-corrected chi connectivity index (χ0v) is 9.46. The summed E-state index contributed by atoms with van der Waals surface area (Å²) in [5.74, 6) is 0. The van der Waals surface area contributed by atoms with Crippen LogP contribution in [0.5, 0.6) is 0 Å². The lowest BCUT2D eigenvalue weighted by Crippen LogP contribution is -2.49. The van der Waals surface area contributed by atoms with Crippen molar-refractivity contribution < 1.29 is 0 Å². The van der Waals surface area contributed by atoms with Crippen molar-refractivity contribution in [1.82, 2.24) is 4.57 Å². The summed E-state index contributed by atoms with van der Waals surface area (Å²) in [4.78, 5) is 0. The van der Waals surface area contributed by atoms with Gasteiger partial charge in [-0.25, -0.2) is 0 Å². The van der Waals surface area contributed by atoms with Crippen LogP contribution in [0.1, 0.15) is 5.56 Å². The molecule has 0 fully saturated rings. The zero-order valence-electron chi connectivity index (χ0n) is 8.46. The van der Waals surface area contributed by atoms with E-state index in [0.717, 1.165) is 0 Å². The summed E-state index contributed by atoms with van der Waals surface area (Å²) in [6.45, 7) is 8.86. The van der Waals surface area contributed by atoms with Gasteiger partial charge < -0.3 is 4.57 Å². The van der Waals surface area contributed by atoms with E-state index in [1.54, 1.807) is 0 Å². The highest BCUT2D eigenvalue weighted by molar-refractivity contribution is 6.90. The van der Waals surface area contributed by atoms with Gasteiger partial charge in [0, 0.05) is 5.70 Å². The van der Waals surface area contributed by atoms with Crippen LogP contribution in [0.15, 0.2) is 30.8 Å². The van der Waals surface area contributed by atoms with Gasteiger partial charge in [0.25, 0.3) is 0 Å². The third kappa shape index (κ3) is 0.984. The van der Waals surface area contributed by atoms with Crippen LogP contribution in [0, 0.1) is 0 Å². The van der Waals surface area contributed by atoms with E-state index in [-0.39, 0.29) is 0 Å². The summed E-state index contributed by atoms with van der Waals surface area (Å²) in [6.07, 6.45) is 0. The molecule has 1 aliphatic heterocycles. The van der Waals surface area contributed by atoms with Crippen molar-refractivity contribution >= 4 is 19.1 Å².